The smallest absolute Gasteiger partial charge is 0.164 e. The van der Waals surface area contributed by atoms with Gasteiger partial charge in [0.05, 0.1) is 16.7 Å². The maximum absolute atomic E-state index is 5.19. The van der Waals surface area contributed by atoms with Crippen LogP contribution in [-0.2, 0) is 10.8 Å². The van der Waals surface area contributed by atoms with Gasteiger partial charge in [-0.15, -0.1) is 0 Å². The minimum atomic E-state index is -0.270. The summed E-state index contributed by atoms with van der Waals surface area (Å²) in [4.78, 5) is 15.4. The van der Waals surface area contributed by atoms with E-state index in [0.717, 1.165) is 16.7 Å². The first-order valence-corrected chi connectivity index (χ1v) is 18.5. The zero-order valence-electron chi connectivity index (χ0n) is 30.1. The molecule has 1 aliphatic heterocycles. The summed E-state index contributed by atoms with van der Waals surface area (Å²) in [7, 11) is 0. The lowest BCUT2D eigenvalue weighted by atomic mass is 9.68. The van der Waals surface area contributed by atoms with E-state index in [1.807, 2.05) is 36.4 Å². The molecule has 2 aliphatic rings. The third-order valence-corrected chi connectivity index (χ3v) is 12.0. The zero-order chi connectivity index (χ0) is 35.6. The highest BCUT2D eigenvalue weighted by Gasteiger charge is 2.38. The Morgan fingerprint density at radius 2 is 1.02 bits per heavy atom. The van der Waals surface area contributed by atoms with Gasteiger partial charge in [-0.3, -0.25) is 0 Å². The molecule has 0 bridgehead atoms. The second kappa shape index (κ2) is 10.6. The summed E-state index contributed by atoms with van der Waals surface area (Å²) < 4.78 is 2.53. The van der Waals surface area contributed by atoms with Crippen molar-refractivity contribution in [3.05, 3.63) is 168 Å². The lowest BCUT2D eigenvalue weighted by Gasteiger charge is -2.36. The number of aromatic nitrogens is 4. The van der Waals surface area contributed by atoms with Crippen molar-refractivity contribution < 1.29 is 0 Å². The van der Waals surface area contributed by atoms with Crippen molar-refractivity contribution >= 4 is 32.6 Å². The van der Waals surface area contributed by atoms with E-state index in [4.69, 9.17) is 15.0 Å². The molecule has 11 rings (SSSR count). The molecule has 9 aromatic rings. The number of para-hydroxylation sites is 1. The van der Waals surface area contributed by atoms with Gasteiger partial charge in [0, 0.05) is 38.3 Å². The first kappa shape index (κ1) is 30.3. The highest BCUT2D eigenvalue weighted by Crippen LogP contribution is 2.53. The fraction of sp³-hybridized carbons (Fsp3) is 0.122. The molecule has 0 spiro atoms. The quantitative estimate of drug-likeness (QED) is 0.187. The Labute approximate surface area is 308 Å². The van der Waals surface area contributed by atoms with E-state index >= 15 is 0 Å². The molecule has 0 saturated heterocycles. The van der Waals surface area contributed by atoms with Crippen LogP contribution >= 0.6 is 0 Å². The highest BCUT2D eigenvalue weighted by molar-refractivity contribution is 6.16. The summed E-state index contributed by atoms with van der Waals surface area (Å²) in [6.07, 6.45) is 0. The van der Waals surface area contributed by atoms with E-state index in [2.05, 4.69) is 141 Å². The van der Waals surface area contributed by atoms with Gasteiger partial charge in [-0.2, -0.15) is 0 Å². The van der Waals surface area contributed by atoms with Gasteiger partial charge in [-0.1, -0.05) is 143 Å². The Bertz CT molecular complexity index is 2930. The van der Waals surface area contributed by atoms with Crippen molar-refractivity contribution in [3.8, 4) is 51.0 Å². The van der Waals surface area contributed by atoms with Crippen LogP contribution in [0.1, 0.15) is 49.9 Å². The molecule has 53 heavy (non-hydrogen) atoms. The summed E-state index contributed by atoms with van der Waals surface area (Å²) in [6, 6.07) is 52.6. The summed E-state index contributed by atoms with van der Waals surface area (Å²) in [6.45, 7) is 9.49. The zero-order valence-corrected chi connectivity index (χ0v) is 30.1. The van der Waals surface area contributed by atoms with E-state index in [1.165, 1.54) is 71.6 Å². The molecule has 0 radical (unpaired) electrons. The maximum atomic E-state index is 5.19. The van der Waals surface area contributed by atoms with Crippen LogP contribution in [0.3, 0.4) is 0 Å². The van der Waals surface area contributed by atoms with Crippen molar-refractivity contribution in [1.82, 2.24) is 19.5 Å². The standard InChI is InChI=1S/C49H36N4/c1-48(2)37-22-11-12-24-41(37)53-42-28-39-34(33-21-13-19-29-20-14-23-38(43(29)33)49(39,3)4)27-35(42)36-25-32(26-40(48)44(36)53)47-51-45(30-15-7-5-8-16-30)50-46(52-47)31-17-9-6-10-18-31/h5-28H,1-4H3. The van der Waals surface area contributed by atoms with Crippen LogP contribution in [0.5, 0.6) is 0 Å². The number of hydrogen-bond donors (Lipinski definition) is 0. The minimum Gasteiger partial charge on any atom is -0.309 e. The number of benzene rings is 7. The number of fused-ring (bicyclic) bond motifs is 7. The third-order valence-electron chi connectivity index (χ3n) is 12.0. The topological polar surface area (TPSA) is 43.6 Å². The summed E-state index contributed by atoms with van der Waals surface area (Å²) in [5.74, 6) is 2.00. The molecule has 0 N–H and O–H groups in total. The highest BCUT2D eigenvalue weighted by atomic mass is 15.0. The first-order valence-electron chi connectivity index (χ1n) is 18.5. The van der Waals surface area contributed by atoms with Crippen molar-refractivity contribution in [1.29, 1.82) is 0 Å². The molecule has 0 amide bonds. The van der Waals surface area contributed by atoms with Crippen LogP contribution in [0.2, 0.25) is 0 Å². The molecule has 2 aromatic heterocycles. The average Bonchev–Trinajstić information content (AvgIpc) is 3.52. The Morgan fingerprint density at radius 1 is 0.434 bits per heavy atom. The van der Waals surface area contributed by atoms with Crippen molar-refractivity contribution in [2.45, 2.75) is 38.5 Å². The van der Waals surface area contributed by atoms with Crippen LogP contribution in [0.25, 0.3) is 83.6 Å². The van der Waals surface area contributed by atoms with Crippen molar-refractivity contribution in [2.24, 2.45) is 0 Å². The van der Waals surface area contributed by atoms with E-state index in [-0.39, 0.29) is 10.8 Å². The molecule has 0 unspecified atom stereocenters. The van der Waals surface area contributed by atoms with Crippen LogP contribution in [0, 0.1) is 0 Å². The van der Waals surface area contributed by atoms with Crippen LogP contribution < -0.4 is 0 Å². The molecular formula is C49H36N4. The maximum Gasteiger partial charge on any atom is 0.164 e. The predicted octanol–water partition coefficient (Wildman–Crippen LogP) is 12.1. The summed E-state index contributed by atoms with van der Waals surface area (Å²) in [5, 5.41) is 5.10. The van der Waals surface area contributed by atoms with Gasteiger partial charge in [0.2, 0.25) is 0 Å². The van der Waals surface area contributed by atoms with Crippen LogP contribution in [0.15, 0.2) is 146 Å². The normalized spacial score (nSPS) is 14.7. The monoisotopic (exact) mass is 680 g/mol. The molecule has 0 atom stereocenters. The fourth-order valence-electron chi connectivity index (χ4n) is 9.30. The fourth-order valence-corrected chi connectivity index (χ4v) is 9.30. The third kappa shape index (κ3) is 4.15. The van der Waals surface area contributed by atoms with Gasteiger partial charge in [0.15, 0.2) is 17.5 Å². The second-order valence-electron chi connectivity index (χ2n) is 15.7. The number of rotatable bonds is 3. The Morgan fingerprint density at radius 3 is 1.72 bits per heavy atom. The predicted molar refractivity (Wildman–Crippen MR) is 218 cm³/mol. The summed E-state index contributed by atoms with van der Waals surface area (Å²) >= 11 is 0. The lowest BCUT2D eigenvalue weighted by Crippen LogP contribution is -2.26. The Hall–Kier alpha value is -6.39. The van der Waals surface area contributed by atoms with Gasteiger partial charge >= 0.3 is 0 Å². The van der Waals surface area contributed by atoms with Gasteiger partial charge in [-0.05, 0) is 74.5 Å². The van der Waals surface area contributed by atoms with Crippen molar-refractivity contribution in [2.75, 3.05) is 0 Å². The van der Waals surface area contributed by atoms with Gasteiger partial charge in [0.25, 0.3) is 0 Å². The van der Waals surface area contributed by atoms with E-state index in [1.54, 1.807) is 0 Å². The number of hydrogen-bond acceptors (Lipinski definition) is 3. The van der Waals surface area contributed by atoms with Gasteiger partial charge < -0.3 is 4.57 Å². The van der Waals surface area contributed by atoms with Gasteiger partial charge in [0.1, 0.15) is 0 Å². The molecule has 1 aliphatic carbocycles. The first-order chi connectivity index (χ1) is 25.8. The summed E-state index contributed by atoms with van der Waals surface area (Å²) in [5.41, 5.74) is 14.1. The van der Waals surface area contributed by atoms with E-state index < -0.39 is 0 Å². The second-order valence-corrected chi connectivity index (χ2v) is 15.7. The Balaban J connectivity index is 1.26. The van der Waals surface area contributed by atoms with E-state index in [9.17, 15) is 0 Å². The molecule has 7 aromatic carbocycles. The Kier molecular flexibility index (Phi) is 6.04. The van der Waals surface area contributed by atoms with Crippen molar-refractivity contribution in [3.63, 3.8) is 0 Å². The SMILES string of the molecule is CC1(C)c2cc3c(cc2-c2cccc4cccc1c24)c1cc(-c2nc(-c4ccccc4)nc(-c4ccccc4)n2)cc2c1n3-c1ccccc1C2(C)C. The molecule has 4 nitrogen and oxygen atoms in total. The molecule has 3 heterocycles. The van der Waals surface area contributed by atoms with Crippen LogP contribution in [0.4, 0.5) is 0 Å². The van der Waals surface area contributed by atoms with Gasteiger partial charge in [-0.25, -0.2) is 15.0 Å². The van der Waals surface area contributed by atoms with Crippen LogP contribution in [-0.4, -0.2) is 19.5 Å². The molecule has 0 saturated carbocycles. The van der Waals surface area contributed by atoms with E-state index in [0.29, 0.717) is 17.5 Å². The minimum absolute atomic E-state index is 0.178. The average molecular weight is 681 g/mol. The molecule has 4 heteroatoms. The molecule has 0 fully saturated rings. The lowest BCUT2D eigenvalue weighted by molar-refractivity contribution is 0.630. The molecular weight excluding hydrogens is 645 g/mol. The largest absolute Gasteiger partial charge is 0.309 e. The molecule has 252 valence electrons. The number of nitrogens with zero attached hydrogens (tertiary/aromatic N) is 4.